The second-order valence-electron chi connectivity index (χ2n) is 7.70. The monoisotopic (exact) mass is 380 g/mol. The summed E-state index contributed by atoms with van der Waals surface area (Å²) in [4.78, 5) is 21.9. The van der Waals surface area contributed by atoms with Crippen molar-refractivity contribution in [1.29, 1.82) is 0 Å². The van der Waals surface area contributed by atoms with Gasteiger partial charge in [0, 0.05) is 51.5 Å². The average Bonchev–Trinajstić information content (AvgIpc) is 2.73. The van der Waals surface area contributed by atoms with Gasteiger partial charge in [0.25, 0.3) is 0 Å². The van der Waals surface area contributed by atoms with Gasteiger partial charge < -0.3 is 14.7 Å². The number of anilines is 1. The number of para-hydroxylation sites is 1. The molecule has 0 spiro atoms. The molecule has 1 heterocycles. The van der Waals surface area contributed by atoms with Crippen molar-refractivity contribution in [1.82, 2.24) is 14.7 Å². The molecule has 28 heavy (non-hydrogen) atoms. The first-order valence-corrected chi connectivity index (χ1v) is 10.1. The predicted molar refractivity (Wildman–Crippen MR) is 116 cm³/mol. The number of hydrogen-bond donors (Lipinski definition) is 0. The average molecular weight is 381 g/mol. The van der Waals surface area contributed by atoms with Crippen LogP contribution in [0.3, 0.4) is 0 Å². The van der Waals surface area contributed by atoms with Crippen LogP contribution in [-0.4, -0.2) is 80.5 Å². The Bertz CT molecular complexity index is 712. The summed E-state index contributed by atoms with van der Waals surface area (Å²) in [5.41, 5.74) is 2.30. The molecule has 3 rings (SSSR count). The van der Waals surface area contributed by atoms with Crippen molar-refractivity contribution < 1.29 is 4.79 Å². The molecular weight excluding hydrogens is 348 g/mol. The fourth-order valence-electron chi connectivity index (χ4n) is 3.51. The molecule has 0 aromatic heterocycles. The van der Waals surface area contributed by atoms with Crippen LogP contribution in [0.25, 0.3) is 0 Å². The number of likely N-dealkylation sites (N-methyl/N-ethyl adjacent to an activating group) is 1. The third kappa shape index (κ3) is 6.08. The molecule has 1 amide bonds. The Balaban J connectivity index is 1.59. The fourth-order valence-corrected chi connectivity index (χ4v) is 3.51. The minimum Gasteiger partial charge on any atom is -0.358 e. The van der Waals surface area contributed by atoms with Crippen molar-refractivity contribution in [3.05, 3.63) is 66.2 Å². The van der Waals surface area contributed by atoms with E-state index in [0.717, 1.165) is 51.5 Å². The van der Waals surface area contributed by atoms with Gasteiger partial charge in [0.15, 0.2) is 0 Å². The molecule has 1 fully saturated rings. The van der Waals surface area contributed by atoms with Gasteiger partial charge in [-0.3, -0.25) is 9.69 Å². The van der Waals surface area contributed by atoms with Crippen LogP contribution in [0.5, 0.6) is 0 Å². The molecular formula is C23H32N4O. The maximum absolute atomic E-state index is 13.0. The molecule has 5 heteroatoms. The SMILES string of the molecule is CN(C)CCN1CCN(C(=O)CN(Cc2ccccc2)c2ccccc2)CC1. The summed E-state index contributed by atoms with van der Waals surface area (Å²) < 4.78 is 0. The van der Waals surface area contributed by atoms with E-state index in [1.807, 2.05) is 41.3 Å². The zero-order chi connectivity index (χ0) is 19.8. The van der Waals surface area contributed by atoms with E-state index in [9.17, 15) is 4.79 Å². The summed E-state index contributed by atoms with van der Waals surface area (Å²) in [5.74, 6) is 0.215. The number of piperazine rings is 1. The van der Waals surface area contributed by atoms with Gasteiger partial charge in [-0.05, 0) is 31.8 Å². The third-order valence-corrected chi connectivity index (χ3v) is 5.25. The van der Waals surface area contributed by atoms with E-state index in [0.29, 0.717) is 6.54 Å². The Hall–Kier alpha value is -2.37. The number of carbonyl (C=O) groups excluding carboxylic acids is 1. The highest BCUT2D eigenvalue weighted by Gasteiger charge is 2.23. The largest absolute Gasteiger partial charge is 0.358 e. The lowest BCUT2D eigenvalue weighted by Crippen LogP contribution is -2.52. The minimum atomic E-state index is 0.215. The zero-order valence-corrected chi connectivity index (χ0v) is 17.1. The molecule has 1 aliphatic rings. The first-order chi connectivity index (χ1) is 13.6. The molecule has 0 atom stereocenters. The van der Waals surface area contributed by atoms with Crippen LogP contribution in [0.15, 0.2) is 60.7 Å². The van der Waals surface area contributed by atoms with E-state index in [4.69, 9.17) is 0 Å². The summed E-state index contributed by atoms with van der Waals surface area (Å²) in [6, 6.07) is 20.6. The molecule has 0 N–H and O–H groups in total. The number of hydrogen-bond acceptors (Lipinski definition) is 4. The molecule has 0 aliphatic carbocycles. The van der Waals surface area contributed by atoms with Crippen LogP contribution < -0.4 is 4.90 Å². The van der Waals surface area contributed by atoms with Crippen LogP contribution in [0.4, 0.5) is 5.69 Å². The highest BCUT2D eigenvalue weighted by atomic mass is 16.2. The molecule has 0 unspecified atom stereocenters. The van der Waals surface area contributed by atoms with E-state index in [1.165, 1.54) is 5.56 Å². The summed E-state index contributed by atoms with van der Waals surface area (Å²) in [7, 11) is 4.20. The summed E-state index contributed by atoms with van der Waals surface area (Å²) >= 11 is 0. The second kappa shape index (κ2) is 10.2. The standard InChI is InChI=1S/C23H32N4O/c1-24(2)13-14-25-15-17-26(18-16-25)23(28)20-27(22-11-7-4-8-12-22)19-21-9-5-3-6-10-21/h3-12H,13-20H2,1-2H3. The topological polar surface area (TPSA) is 30.0 Å². The Morgan fingerprint density at radius 2 is 1.50 bits per heavy atom. The van der Waals surface area contributed by atoms with Crippen molar-refractivity contribution in [2.45, 2.75) is 6.54 Å². The van der Waals surface area contributed by atoms with Crippen LogP contribution in [0.1, 0.15) is 5.56 Å². The normalized spacial score (nSPS) is 15.0. The van der Waals surface area contributed by atoms with Crippen LogP contribution in [0.2, 0.25) is 0 Å². The van der Waals surface area contributed by atoms with Crippen LogP contribution in [-0.2, 0) is 11.3 Å². The van der Waals surface area contributed by atoms with Crippen LogP contribution in [0, 0.1) is 0 Å². The van der Waals surface area contributed by atoms with Gasteiger partial charge in [0.1, 0.15) is 0 Å². The van der Waals surface area contributed by atoms with Gasteiger partial charge in [0.2, 0.25) is 5.91 Å². The van der Waals surface area contributed by atoms with E-state index in [-0.39, 0.29) is 5.91 Å². The van der Waals surface area contributed by atoms with Crippen LogP contribution >= 0.6 is 0 Å². The van der Waals surface area contributed by atoms with Gasteiger partial charge in [-0.2, -0.15) is 0 Å². The molecule has 2 aromatic carbocycles. The molecule has 2 aromatic rings. The number of nitrogens with zero attached hydrogens (tertiary/aromatic N) is 4. The predicted octanol–water partition coefficient (Wildman–Crippen LogP) is 2.40. The summed E-state index contributed by atoms with van der Waals surface area (Å²) in [6.07, 6.45) is 0. The van der Waals surface area contributed by atoms with E-state index in [2.05, 4.69) is 53.1 Å². The van der Waals surface area contributed by atoms with Crippen molar-refractivity contribution in [3.63, 3.8) is 0 Å². The lowest BCUT2D eigenvalue weighted by atomic mass is 10.2. The number of benzene rings is 2. The second-order valence-corrected chi connectivity index (χ2v) is 7.70. The lowest BCUT2D eigenvalue weighted by molar-refractivity contribution is -0.131. The third-order valence-electron chi connectivity index (χ3n) is 5.25. The maximum Gasteiger partial charge on any atom is 0.242 e. The Morgan fingerprint density at radius 3 is 2.11 bits per heavy atom. The molecule has 0 radical (unpaired) electrons. The smallest absolute Gasteiger partial charge is 0.242 e. The van der Waals surface area contributed by atoms with Gasteiger partial charge in [-0.25, -0.2) is 0 Å². The Kier molecular flexibility index (Phi) is 7.46. The van der Waals surface area contributed by atoms with Crippen molar-refractivity contribution >= 4 is 11.6 Å². The Morgan fingerprint density at radius 1 is 0.893 bits per heavy atom. The number of amides is 1. The first-order valence-electron chi connectivity index (χ1n) is 10.1. The summed E-state index contributed by atoms with van der Waals surface area (Å²) in [5, 5.41) is 0. The molecule has 1 aliphatic heterocycles. The molecule has 0 bridgehead atoms. The van der Waals surface area contributed by atoms with Crippen molar-refractivity contribution in [3.8, 4) is 0 Å². The number of carbonyl (C=O) groups is 1. The molecule has 1 saturated heterocycles. The number of rotatable bonds is 8. The van der Waals surface area contributed by atoms with Crippen molar-refractivity contribution in [2.75, 3.05) is 64.8 Å². The minimum absolute atomic E-state index is 0.215. The Labute approximate surface area is 169 Å². The quantitative estimate of drug-likeness (QED) is 0.704. The van der Waals surface area contributed by atoms with E-state index >= 15 is 0 Å². The highest BCUT2D eigenvalue weighted by molar-refractivity contribution is 5.81. The molecule has 0 saturated carbocycles. The fraction of sp³-hybridized carbons (Fsp3) is 0.435. The zero-order valence-electron chi connectivity index (χ0n) is 17.1. The van der Waals surface area contributed by atoms with Crippen molar-refractivity contribution in [2.24, 2.45) is 0 Å². The highest BCUT2D eigenvalue weighted by Crippen LogP contribution is 2.17. The van der Waals surface area contributed by atoms with Gasteiger partial charge in [-0.15, -0.1) is 0 Å². The van der Waals surface area contributed by atoms with Gasteiger partial charge >= 0.3 is 0 Å². The summed E-state index contributed by atoms with van der Waals surface area (Å²) in [6.45, 7) is 6.84. The van der Waals surface area contributed by atoms with E-state index < -0.39 is 0 Å². The van der Waals surface area contributed by atoms with Gasteiger partial charge in [-0.1, -0.05) is 48.5 Å². The van der Waals surface area contributed by atoms with E-state index in [1.54, 1.807) is 0 Å². The molecule has 5 nitrogen and oxygen atoms in total. The maximum atomic E-state index is 13.0. The molecule has 150 valence electrons. The lowest BCUT2D eigenvalue weighted by Gasteiger charge is -2.36. The van der Waals surface area contributed by atoms with Gasteiger partial charge in [0.05, 0.1) is 6.54 Å². The first kappa shape index (κ1) is 20.4.